The van der Waals surface area contributed by atoms with Crippen molar-refractivity contribution in [2.24, 2.45) is 0 Å². The largest absolute Gasteiger partial charge is 0.436 e. The number of pyridine rings is 1. The van der Waals surface area contributed by atoms with Crippen molar-refractivity contribution < 1.29 is 32.3 Å². The van der Waals surface area contributed by atoms with Gasteiger partial charge in [0.15, 0.2) is 17.4 Å². The van der Waals surface area contributed by atoms with Gasteiger partial charge < -0.3 is 9.64 Å². The summed E-state index contributed by atoms with van der Waals surface area (Å²) in [6.07, 6.45) is -2.40. The standard InChI is InChI=1S/C21H20ClF3N4O4/c1-10-18(30)29(20(32)33-10)13-4-6-27(7-5-13)19(31)15-16(22)28-9-12(11-2-3-11)8-14(17(28)26-15)21(23,24)25/h8-11,13H,2-7H2,1H3. The van der Waals surface area contributed by atoms with Crippen LogP contribution in [0.1, 0.15) is 60.1 Å². The highest BCUT2D eigenvalue weighted by molar-refractivity contribution is 6.33. The molecular formula is C21H20ClF3N4O4. The molecular weight excluding hydrogens is 465 g/mol. The molecule has 2 saturated heterocycles. The summed E-state index contributed by atoms with van der Waals surface area (Å²) in [6, 6.07) is 0.678. The monoisotopic (exact) mass is 484 g/mol. The molecule has 0 bridgehead atoms. The van der Waals surface area contributed by atoms with E-state index < -0.39 is 47.4 Å². The number of ether oxygens (including phenoxy) is 1. The van der Waals surface area contributed by atoms with Gasteiger partial charge in [-0.3, -0.25) is 14.0 Å². The Bertz CT molecular complexity index is 1170. The zero-order valence-electron chi connectivity index (χ0n) is 17.6. The van der Waals surface area contributed by atoms with Crippen LogP contribution in [0.2, 0.25) is 5.15 Å². The van der Waals surface area contributed by atoms with Crippen LogP contribution in [0, 0.1) is 0 Å². The first-order valence-corrected chi connectivity index (χ1v) is 11.1. The fourth-order valence-corrected chi connectivity index (χ4v) is 4.73. The summed E-state index contributed by atoms with van der Waals surface area (Å²) in [7, 11) is 0. The molecule has 2 aliphatic heterocycles. The van der Waals surface area contributed by atoms with E-state index in [0.29, 0.717) is 18.4 Å². The number of rotatable bonds is 3. The average Bonchev–Trinajstić information content (AvgIpc) is 3.51. The molecule has 0 spiro atoms. The zero-order valence-corrected chi connectivity index (χ0v) is 18.3. The molecule has 4 heterocycles. The molecule has 1 unspecified atom stereocenters. The van der Waals surface area contributed by atoms with Crippen LogP contribution in [-0.4, -0.2) is 62.3 Å². The molecule has 5 rings (SSSR count). The molecule has 3 aliphatic rings. The first-order chi connectivity index (χ1) is 15.6. The predicted octanol–water partition coefficient (Wildman–Crippen LogP) is 3.86. The van der Waals surface area contributed by atoms with Crippen LogP contribution >= 0.6 is 11.6 Å². The Hall–Kier alpha value is -2.82. The molecule has 2 aromatic heterocycles. The van der Waals surface area contributed by atoms with Crippen LogP contribution < -0.4 is 0 Å². The summed E-state index contributed by atoms with van der Waals surface area (Å²) in [5.74, 6) is -0.957. The molecule has 1 aliphatic carbocycles. The van der Waals surface area contributed by atoms with E-state index in [1.807, 2.05) is 0 Å². The minimum absolute atomic E-state index is 0.0508. The van der Waals surface area contributed by atoms with E-state index in [0.717, 1.165) is 28.2 Å². The number of likely N-dealkylation sites (tertiary alicyclic amines) is 1. The van der Waals surface area contributed by atoms with Gasteiger partial charge in [-0.15, -0.1) is 0 Å². The Labute approximate surface area is 191 Å². The van der Waals surface area contributed by atoms with Gasteiger partial charge in [-0.1, -0.05) is 11.6 Å². The highest BCUT2D eigenvalue weighted by Gasteiger charge is 2.44. The summed E-state index contributed by atoms with van der Waals surface area (Å²) in [4.78, 5) is 43.7. The third kappa shape index (κ3) is 3.71. The lowest BCUT2D eigenvalue weighted by Crippen LogP contribution is -2.49. The zero-order chi connectivity index (χ0) is 23.7. The van der Waals surface area contributed by atoms with Crippen LogP contribution in [0.4, 0.5) is 18.0 Å². The molecule has 33 heavy (non-hydrogen) atoms. The van der Waals surface area contributed by atoms with Crippen molar-refractivity contribution in [3.8, 4) is 0 Å². The number of hydrogen-bond donors (Lipinski definition) is 0. The Balaban J connectivity index is 1.40. The minimum Gasteiger partial charge on any atom is -0.436 e. The fraction of sp³-hybridized carbons (Fsp3) is 0.524. The lowest BCUT2D eigenvalue weighted by Gasteiger charge is -2.34. The van der Waals surface area contributed by atoms with E-state index in [1.54, 1.807) is 0 Å². The van der Waals surface area contributed by atoms with Crippen molar-refractivity contribution >= 4 is 35.2 Å². The fourth-order valence-electron chi connectivity index (χ4n) is 4.47. The first-order valence-electron chi connectivity index (χ1n) is 10.7. The quantitative estimate of drug-likeness (QED) is 0.660. The van der Waals surface area contributed by atoms with Gasteiger partial charge in [0, 0.05) is 25.3 Å². The number of amides is 3. The third-order valence-electron chi connectivity index (χ3n) is 6.42. The predicted molar refractivity (Wildman–Crippen MR) is 109 cm³/mol. The number of fused-ring (bicyclic) bond motifs is 1. The molecule has 176 valence electrons. The van der Waals surface area contributed by atoms with Crippen molar-refractivity contribution in [1.29, 1.82) is 0 Å². The third-order valence-corrected chi connectivity index (χ3v) is 6.78. The summed E-state index contributed by atoms with van der Waals surface area (Å²) in [6.45, 7) is 1.88. The Morgan fingerprint density at radius 1 is 1.18 bits per heavy atom. The SMILES string of the molecule is CC1OC(=O)N(C2CCN(C(=O)c3nc4c(C(F)(F)F)cc(C5CC5)cn4c3Cl)CC2)C1=O. The number of nitrogens with zero attached hydrogens (tertiary/aromatic N) is 4. The topological polar surface area (TPSA) is 84.2 Å². The normalized spacial score (nSPS) is 22.4. The number of carbonyl (C=O) groups excluding carboxylic acids is 3. The Morgan fingerprint density at radius 3 is 2.39 bits per heavy atom. The summed E-state index contributed by atoms with van der Waals surface area (Å²) in [5, 5.41) is -0.169. The van der Waals surface area contributed by atoms with Crippen LogP contribution in [0.15, 0.2) is 12.3 Å². The molecule has 0 N–H and O–H groups in total. The second-order valence-corrected chi connectivity index (χ2v) is 9.02. The van der Waals surface area contributed by atoms with E-state index in [4.69, 9.17) is 16.3 Å². The van der Waals surface area contributed by atoms with Gasteiger partial charge in [0.05, 0.1) is 5.56 Å². The number of imidazole rings is 1. The van der Waals surface area contributed by atoms with Crippen molar-refractivity contribution in [3.63, 3.8) is 0 Å². The van der Waals surface area contributed by atoms with Crippen LogP contribution in [0.25, 0.3) is 5.65 Å². The molecule has 2 aromatic rings. The average molecular weight is 485 g/mol. The lowest BCUT2D eigenvalue weighted by atomic mass is 10.0. The first kappa shape index (κ1) is 22.0. The van der Waals surface area contributed by atoms with Crippen molar-refractivity contribution in [1.82, 2.24) is 19.2 Å². The molecule has 0 aromatic carbocycles. The van der Waals surface area contributed by atoms with Crippen molar-refractivity contribution in [2.75, 3.05) is 13.1 Å². The van der Waals surface area contributed by atoms with E-state index in [1.165, 1.54) is 18.0 Å². The number of carbonyl (C=O) groups is 3. The summed E-state index contributed by atoms with van der Waals surface area (Å²) < 4.78 is 47.2. The number of halogens is 4. The second kappa shape index (κ2) is 7.61. The van der Waals surface area contributed by atoms with E-state index in [9.17, 15) is 27.6 Å². The number of cyclic esters (lactones) is 1. The number of alkyl halides is 3. The van der Waals surface area contributed by atoms with Crippen LogP contribution in [-0.2, 0) is 15.7 Å². The molecule has 0 radical (unpaired) electrons. The maximum absolute atomic E-state index is 13.7. The molecule has 8 nitrogen and oxygen atoms in total. The highest BCUT2D eigenvalue weighted by Crippen LogP contribution is 2.43. The maximum atomic E-state index is 13.7. The van der Waals surface area contributed by atoms with E-state index in [-0.39, 0.29) is 29.9 Å². The number of hydrogen-bond acceptors (Lipinski definition) is 5. The van der Waals surface area contributed by atoms with Gasteiger partial charge in [-0.25, -0.2) is 14.7 Å². The maximum Gasteiger partial charge on any atom is 0.419 e. The number of piperidine rings is 1. The van der Waals surface area contributed by atoms with Gasteiger partial charge in [-0.2, -0.15) is 13.2 Å². The Morgan fingerprint density at radius 2 is 1.85 bits per heavy atom. The van der Waals surface area contributed by atoms with Gasteiger partial charge >= 0.3 is 12.3 Å². The van der Waals surface area contributed by atoms with Crippen molar-refractivity contribution in [3.05, 3.63) is 34.2 Å². The van der Waals surface area contributed by atoms with Crippen LogP contribution in [0.3, 0.4) is 0 Å². The summed E-state index contributed by atoms with van der Waals surface area (Å²) in [5.41, 5.74) is -1.06. The summed E-state index contributed by atoms with van der Waals surface area (Å²) >= 11 is 6.35. The van der Waals surface area contributed by atoms with Gasteiger partial charge in [0.25, 0.3) is 11.8 Å². The Kier molecular flexibility index (Phi) is 5.07. The smallest absolute Gasteiger partial charge is 0.419 e. The second-order valence-electron chi connectivity index (χ2n) is 8.66. The van der Waals surface area contributed by atoms with E-state index in [2.05, 4.69) is 4.98 Å². The molecule has 3 fully saturated rings. The number of aromatic nitrogens is 2. The minimum atomic E-state index is -4.65. The lowest BCUT2D eigenvalue weighted by molar-refractivity contribution is -0.136. The number of imide groups is 1. The van der Waals surface area contributed by atoms with Gasteiger partial charge in [0.2, 0.25) is 0 Å². The highest BCUT2D eigenvalue weighted by atomic mass is 35.5. The van der Waals surface area contributed by atoms with Gasteiger partial charge in [0.1, 0.15) is 5.15 Å². The van der Waals surface area contributed by atoms with Crippen LogP contribution in [0.5, 0.6) is 0 Å². The molecule has 3 amide bonds. The van der Waals surface area contributed by atoms with E-state index >= 15 is 0 Å². The molecule has 1 atom stereocenters. The van der Waals surface area contributed by atoms with Gasteiger partial charge in [-0.05, 0) is 50.2 Å². The van der Waals surface area contributed by atoms with Crippen molar-refractivity contribution in [2.45, 2.75) is 56.8 Å². The molecule has 1 saturated carbocycles. The molecule has 12 heteroatoms.